The van der Waals surface area contributed by atoms with Crippen molar-refractivity contribution in [2.24, 2.45) is 0 Å². The zero-order chi connectivity index (χ0) is 16.5. The average Bonchev–Trinajstić information content (AvgIpc) is 2.75. The molecule has 0 aliphatic carbocycles. The van der Waals surface area contributed by atoms with E-state index in [2.05, 4.69) is 75.5 Å². The quantitative estimate of drug-likeness (QED) is 0.875. The summed E-state index contributed by atoms with van der Waals surface area (Å²) in [7, 11) is -0.321. The fraction of sp³-hybridized carbons (Fsp3) is 0.368. The summed E-state index contributed by atoms with van der Waals surface area (Å²) in [4.78, 5) is 0. The van der Waals surface area contributed by atoms with Gasteiger partial charge in [0, 0.05) is 12.2 Å². The predicted molar refractivity (Wildman–Crippen MR) is 95.9 cm³/mol. The highest BCUT2D eigenvalue weighted by Crippen LogP contribution is 2.36. The highest BCUT2D eigenvalue weighted by atomic mass is 16.7. The minimum absolute atomic E-state index is 0.314. The van der Waals surface area contributed by atoms with Gasteiger partial charge in [-0.05, 0) is 50.9 Å². The first-order valence-corrected chi connectivity index (χ1v) is 8.11. The van der Waals surface area contributed by atoms with Crippen molar-refractivity contribution in [3.8, 4) is 0 Å². The van der Waals surface area contributed by atoms with E-state index in [0.717, 1.165) is 17.7 Å². The Labute approximate surface area is 139 Å². The molecule has 23 heavy (non-hydrogen) atoms. The summed E-state index contributed by atoms with van der Waals surface area (Å²) in [6.07, 6.45) is 0. The minimum atomic E-state index is -0.321. The van der Waals surface area contributed by atoms with E-state index in [9.17, 15) is 0 Å². The number of hydrogen-bond acceptors (Lipinski definition) is 3. The maximum absolute atomic E-state index is 6.12. The van der Waals surface area contributed by atoms with Crippen LogP contribution < -0.4 is 10.8 Å². The van der Waals surface area contributed by atoms with E-state index in [4.69, 9.17) is 9.31 Å². The van der Waals surface area contributed by atoms with Gasteiger partial charge in [-0.3, -0.25) is 0 Å². The van der Waals surface area contributed by atoms with Gasteiger partial charge in [0.25, 0.3) is 0 Å². The van der Waals surface area contributed by atoms with Crippen molar-refractivity contribution >= 4 is 18.3 Å². The van der Waals surface area contributed by atoms with Crippen LogP contribution in [0.4, 0.5) is 5.69 Å². The molecule has 3 rings (SSSR count). The third kappa shape index (κ3) is 3.43. The Balaban J connectivity index is 1.71. The van der Waals surface area contributed by atoms with E-state index >= 15 is 0 Å². The highest BCUT2D eigenvalue weighted by molar-refractivity contribution is 6.62. The zero-order valence-electron chi connectivity index (χ0n) is 14.3. The second-order valence-corrected chi connectivity index (χ2v) is 7.05. The van der Waals surface area contributed by atoms with Gasteiger partial charge >= 0.3 is 7.12 Å². The van der Waals surface area contributed by atoms with Crippen LogP contribution >= 0.6 is 0 Å². The molecule has 0 amide bonds. The molecule has 0 unspecified atom stereocenters. The van der Waals surface area contributed by atoms with E-state index in [1.807, 2.05) is 12.1 Å². The maximum atomic E-state index is 6.12. The SMILES string of the molecule is CC1(C)OB(c2cccc(NCc3ccccc3)c2)OC1(C)C. The van der Waals surface area contributed by atoms with Crippen LogP contribution in [0.2, 0.25) is 0 Å². The lowest BCUT2D eigenvalue weighted by Gasteiger charge is -2.32. The second kappa shape index (κ2) is 6.02. The first kappa shape index (κ1) is 16.1. The molecule has 1 aliphatic heterocycles. The van der Waals surface area contributed by atoms with E-state index in [0.29, 0.717) is 0 Å². The molecule has 4 heteroatoms. The molecule has 1 aliphatic rings. The van der Waals surface area contributed by atoms with Crippen molar-refractivity contribution in [3.05, 3.63) is 60.2 Å². The summed E-state index contributed by atoms with van der Waals surface area (Å²) in [6.45, 7) is 9.09. The Hall–Kier alpha value is -1.78. The molecule has 0 atom stereocenters. The molecule has 1 saturated heterocycles. The fourth-order valence-corrected chi connectivity index (χ4v) is 2.57. The van der Waals surface area contributed by atoms with Gasteiger partial charge < -0.3 is 14.6 Å². The normalized spacial score (nSPS) is 18.9. The minimum Gasteiger partial charge on any atom is -0.399 e. The van der Waals surface area contributed by atoms with Crippen molar-refractivity contribution in [2.75, 3.05) is 5.32 Å². The van der Waals surface area contributed by atoms with Gasteiger partial charge in [-0.2, -0.15) is 0 Å². The molecule has 0 bridgehead atoms. The first-order valence-electron chi connectivity index (χ1n) is 8.11. The molecule has 0 radical (unpaired) electrons. The lowest BCUT2D eigenvalue weighted by Crippen LogP contribution is -2.41. The Morgan fingerprint density at radius 2 is 1.52 bits per heavy atom. The molecule has 2 aromatic rings. The standard InChI is InChI=1S/C19H24BNO2/c1-18(2)19(3,4)23-20(22-18)16-11-8-12-17(13-16)21-14-15-9-6-5-7-10-15/h5-13,21H,14H2,1-4H3. The van der Waals surface area contributed by atoms with Gasteiger partial charge in [0.15, 0.2) is 0 Å². The zero-order valence-corrected chi connectivity index (χ0v) is 14.3. The number of nitrogens with one attached hydrogen (secondary N) is 1. The molecule has 120 valence electrons. The van der Waals surface area contributed by atoms with Crippen LogP contribution in [-0.4, -0.2) is 18.3 Å². The molecule has 0 aromatic heterocycles. The lowest BCUT2D eigenvalue weighted by atomic mass is 9.79. The van der Waals surface area contributed by atoms with Crippen molar-refractivity contribution < 1.29 is 9.31 Å². The van der Waals surface area contributed by atoms with Crippen molar-refractivity contribution in [2.45, 2.75) is 45.4 Å². The van der Waals surface area contributed by atoms with Crippen LogP contribution in [-0.2, 0) is 15.9 Å². The van der Waals surface area contributed by atoms with Gasteiger partial charge in [0.2, 0.25) is 0 Å². The number of hydrogen-bond donors (Lipinski definition) is 1. The summed E-state index contributed by atoms with van der Waals surface area (Å²) in [5.41, 5.74) is 2.74. The van der Waals surface area contributed by atoms with Gasteiger partial charge in [0.1, 0.15) is 0 Å². The Bertz CT molecular complexity index is 654. The van der Waals surface area contributed by atoms with Crippen LogP contribution in [0.15, 0.2) is 54.6 Å². The highest BCUT2D eigenvalue weighted by Gasteiger charge is 2.51. The van der Waals surface area contributed by atoms with E-state index in [1.54, 1.807) is 0 Å². The average molecular weight is 309 g/mol. The Kier molecular flexibility index (Phi) is 4.22. The molecule has 0 saturated carbocycles. The fourth-order valence-electron chi connectivity index (χ4n) is 2.57. The Morgan fingerprint density at radius 1 is 0.870 bits per heavy atom. The summed E-state index contributed by atoms with van der Waals surface area (Å²) in [6, 6.07) is 18.6. The molecule has 1 N–H and O–H groups in total. The summed E-state index contributed by atoms with van der Waals surface area (Å²) in [5.74, 6) is 0. The topological polar surface area (TPSA) is 30.5 Å². The van der Waals surface area contributed by atoms with E-state index in [1.165, 1.54) is 5.56 Å². The maximum Gasteiger partial charge on any atom is 0.494 e. The molecular weight excluding hydrogens is 285 g/mol. The number of anilines is 1. The van der Waals surface area contributed by atoms with Gasteiger partial charge in [-0.25, -0.2) is 0 Å². The molecule has 1 fully saturated rings. The second-order valence-electron chi connectivity index (χ2n) is 7.05. The van der Waals surface area contributed by atoms with Crippen LogP contribution in [0.5, 0.6) is 0 Å². The van der Waals surface area contributed by atoms with Gasteiger partial charge in [-0.15, -0.1) is 0 Å². The summed E-state index contributed by atoms with van der Waals surface area (Å²) < 4.78 is 12.2. The Morgan fingerprint density at radius 3 is 2.17 bits per heavy atom. The summed E-state index contributed by atoms with van der Waals surface area (Å²) in [5, 5.41) is 3.46. The van der Waals surface area contributed by atoms with Crippen molar-refractivity contribution in [3.63, 3.8) is 0 Å². The molecule has 0 spiro atoms. The molecular formula is C19H24BNO2. The van der Waals surface area contributed by atoms with Crippen LogP contribution in [0, 0.1) is 0 Å². The lowest BCUT2D eigenvalue weighted by molar-refractivity contribution is 0.00578. The van der Waals surface area contributed by atoms with Crippen LogP contribution in [0.1, 0.15) is 33.3 Å². The molecule has 1 heterocycles. The van der Waals surface area contributed by atoms with Crippen molar-refractivity contribution in [1.82, 2.24) is 0 Å². The molecule has 3 nitrogen and oxygen atoms in total. The van der Waals surface area contributed by atoms with E-state index < -0.39 is 0 Å². The van der Waals surface area contributed by atoms with Crippen molar-refractivity contribution in [1.29, 1.82) is 0 Å². The molecule has 2 aromatic carbocycles. The third-order valence-corrected chi connectivity index (χ3v) is 4.75. The first-order chi connectivity index (χ1) is 10.9. The van der Waals surface area contributed by atoms with E-state index in [-0.39, 0.29) is 18.3 Å². The van der Waals surface area contributed by atoms with Gasteiger partial charge in [0.05, 0.1) is 11.2 Å². The smallest absolute Gasteiger partial charge is 0.399 e. The predicted octanol–water partition coefficient (Wildman–Crippen LogP) is 3.60. The monoisotopic (exact) mass is 309 g/mol. The van der Waals surface area contributed by atoms with Crippen LogP contribution in [0.3, 0.4) is 0 Å². The van der Waals surface area contributed by atoms with Crippen LogP contribution in [0.25, 0.3) is 0 Å². The number of rotatable bonds is 4. The van der Waals surface area contributed by atoms with Gasteiger partial charge in [-0.1, -0.05) is 42.5 Å². The largest absolute Gasteiger partial charge is 0.494 e. The third-order valence-electron chi connectivity index (χ3n) is 4.75. The number of benzene rings is 2. The summed E-state index contributed by atoms with van der Waals surface area (Å²) >= 11 is 0.